The van der Waals surface area contributed by atoms with Crippen LogP contribution in [0.1, 0.15) is 63.6 Å². The first-order chi connectivity index (χ1) is 18.5. The second-order valence-electron chi connectivity index (χ2n) is 10.6. The summed E-state index contributed by atoms with van der Waals surface area (Å²) in [5, 5.41) is 15.7. The molecule has 0 spiro atoms. The van der Waals surface area contributed by atoms with Crippen molar-refractivity contribution >= 4 is 17.8 Å². The molecule has 1 fully saturated rings. The van der Waals surface area contributed by atoms with Gasteiger partial charge in [-0.05, 0) is 83.4 Å². The van der Waals surface area contributed by atoms with Crippen LogP contribution in [0.15, 0.2) is 12.1 Å². The number of unbranched alkanes of at least 4 members (excludes halogenated alkanes) is 1. The summed E-state index contributed by atoms with van der Waals surface area (Å²) in [5.41, 5.74) is 2.21. The summed E-state index contributed by atoms with van der Waals surface area (Å²) in [5.74, 6) is -0.190. The van der Waals surface area contributed by atoms with E-state index in [9.17, 15) is 27.9 Å². The number of hydrogen-bond acceptors (Lipinski definition) is 6. The Balaban J connectivity index is 1.50. The maximum atomic E-state index is 12.8. The zero-order chi connectivity index (χ0) is 28.4. The van der Waals surface area contributed by atoms with Crippen LogP contribution in [0.4, 0.5) is 23.8 Å². The number of carbonyl (C=O) groups excluding carboxylic acids is 1. The van der Waals surface area contributed by atoms with E-state index < -0.39 is 30.8 Å². The van der Waals surface area contributed by atoms with E-state index in [4.69, 9.17) is 9.72 Å². The first kappa shape index (κ1) is 30.9. The maximum Gasteiger partial charge on any atom is 0.411 e. The molecular weight excluding hydrogens is 515 g/mol. The van der Waals surface area contributed by atoms with Crippen molar-refractivity contribution in [3.8, 4) is 0 Å². The van der Waals surface area contributed by atoms with E-state index >= 15 is 0 Å². The predicted octanol–water partition coefficient (Wildman–Crippen LogP) is 4.07. The number of rotatable bonds is 14. The minimum atomic E-state index is -4.40. The molecule has 2 aliphatic heterocycles. The van der Waals surface area contributed by atoms with Crippen molar-refractivity contribution in [2.45, 2.75) is 89.5 Å². The third kappa shape index (κ3) is 10.1. The van der Waals surface area contributed by atoms with Crippen LogP contribution in [0, 0.1) is 0 Å². The van der Waals surface area contributed by atoms with Gasteiger partial charge in [-0.25, -0.2) is 14.6 Å². The maximum absolute atomic E-state index is 12.8. The largest absolute Gasteiger partial charge is 0.480 e. The van der Waals surface area contributed by atoms with E-state index in [1.165, 1.54) is 5.56 Å². The Kier molecular flexibility index (Phi) is 11.7. The summed E-state index contributed by atoms with van der Waals surface area (Å²) in [6, 6.07) is 2.74. The Bertz CT molecular complexity index is 938. The lowest BCUT2D eigenvalue weighted by atomic mass is 10.1. The van der Waals surface area contributed by atoms with Gasteiger partial charge in [0.25, 0.3) is 0 Å². The lowest BCUT2D eigenvalue weighted by Gasteiger charge is -2.29. The molecule has 220 valence electrons. The van der Waals surface area contributed by atoms with E-state index in [0.717, 1.165) is 63.0 Å². The number of aryl methyl sites for hydroxylation is 2. The predicted molar refractivity (Wildman–Crippen MR) is 142 cm³/mol. The molecule has 9 nitrogen and oxygen atoms in total. The Morgan fingerprint density at radius 1 is 1.21 bits per heavy atom. The Hall–Kier alpha value is -2.60. The first-order valence-corrected chi connectivity index (χ1v) is 13.9. The molecule has 2 amide bonds. The molecular formula is C27H42F3N5O4. The van der Waals surface area contributed by atoms with Gasteiger partial charge in [-0.2, -0.15) is 13.2 Å². The second kappa shape index (κ2) is 14.7. The molecule has 0 aromatic carbocycles. The molecule has 3 rings (SSSR count). The number of urea groups is 1. The lowest BCUT2D eigenvalue weighted by Crippen LogP contribution is -2.51. The minimum absolute atomic E-state index is 0.0390. The number of amides is 2. The fraction of sp³-hybridized carbons (Fsp3) is 0.741. The van der Waals surface area contributed by atoms with E-state index in [-0.39, 0.29) is 31.7 Å². The summed E-state index contributed by atoms with van der Waals surface area (Å²) < 4.78 is 42.2. The van der Waals surface area contributed by atoms with E-state index in [1.807, 2.05) is 24.8 Å². The van der Waals surface area contributed by atoms with Gasteiger partial charge in [0.1, 0.15) is 18.5 Å². The normalized spacial score (nSPS) is 20.0. The third-order valence-corrected chi connectivity index (χ3v) is 7.44. The summed E-state index contributed by atoms with van der Waals surface area (Å²) in [7, 11) is 0. The molecule has 1 saturated heterocycles. The van der Waals surface area contributed by atoms with Crippen molar-refractivity contribution in [2.75, 3.05) is 44.7 Å². The number of carboxylic acid groups (broad SMARTS) is 1. The zero-order valence-corrected chi connectivity index (χ0v) is 22.9. The molecule has 1 aromatic rings. The number of carbonyl (C=O) groups is 2. The van der Waals surface area contributed by atoms with Crippen LogP contribution < -0.4 is 10.6 Å². The third-order valence-electron chi connectivity index (χ3n) is 7.44. The molecule has 3 atom stereocenters. The van der Waals surface area contributed by atoms with Gasteiger partial charge in [-0.1, -0.05) is 6.07 Å². The van der Waals surface area contributed by atoms with Crippen molar-refractivity contribution in [1.82, 2.24) is 20.1 Å². The van der Waals surface area contributed by atoms with Crippen LogP contribution in [0.2, 0.25) is 0 Å². The van der Waals surface area contributed by atoms with Gasteiger partial charge in [0.2, 0.25) is 0 Å². The number of ether oxygens (including phenoxy) is 1. The number of hydrogen-bond donors (Lipinski definition) is 3. The number of pyridine rings is 1. The molecule has 3 heterocycles. The molecule has 12 heteroatoms. The topological polar surface area (TPSA) is 107 Å². The molecule has 2 aliphatic rings. The Morgan fingerprint density at radius 3 is 2.64 bits per heavy atom. The molecule has 1 aromatic heterocycles. The van der Waals surface area contributed by atoms with Crippen LogP contribution >= 0.6 is 0 Å². The number of anilines is 1. The fourth-order valence-electron chi connectivity index (χ4n) is 5.25. The molecule has 0 saturated carbocycles. The number of aromatic nitrogens is 1. The van der Waals surface area contributed by atoms with E-state index in [1.54, 1.807) is 4.90 Å². The lowest BCUT2D eigenvalue weighted by molar-refractivity contribution is -0.174. The van der Waals surface area contributed by atoms with Gasteiger partial charge in [0.15, 0.2) is 0 Å². The average Bonchev–Trinajstić information content (AvgIpc) is 3.22. The summed E-state index contributed by atoms with van der Waals surface area (Å²) in [6.45, 7) is 4.47. The molecule has 3 unspecified atom stereocenters. The molecule has 3 N–H and O–H groups in total. The number of alkyl halides is 3. The van der Waals surface area contributed by atoms with Crippen molar-refractivity contribution < 1.29 is 32.6 Å². The van der Waals surface area contributed by atoms with Gasteiger partial charge >= 0.3 is 18.2 Å². The highest BCUT2D eigenvalue weighted by atomic mass is 19.4. The van der Waals surface area contributed by atoms with E-state index in [0.29, 0.717) is 13.1 Å². The first-order valence-electron chi connectivity index (χ1n) is 13.9. The number of aliphatic carboxylic acids is 1. The van der Waals surface area contributed by atoms with Crippen LogP contribution in [-0.4, -0.2) is 95.6 Å². The highest BCUT2D eigenvalue weighted by Gasteiger charge is 2.33. The van der Waals surface area contributed by atoms with Crippen molar-refractivity contribution in [3.05, 3.63) is 23.4 Å². The van der Waals surface area contributed by atoms with Crippen LogP contribution in [0.3, 0.4) is 0 Å². The van der Waals surface area contributed by atoms with Crippen molar-refractivity contribution in [3.63, 3.8) is 0 Å². The number of nitrogens with one attached hydrogen (secondary N) is 2. The average molecular weight is 558 g/mol. The SMILES string of the molecule is CC1CCC(C)N1C(=O)NC(CCN(CCCCc1ccc2c(n1)NCCC2)CCOCC(F)(F)F)C(=O)O. The van der Waals surface area contributed by atoms with Gasteiger partial charge in [0, 0.05) is 37.4 Å². The van der Waals surface area contributed by atoms with Gasteiger partial charge in [0.05, 0.1) is 6.61 Å². The quantitative estimate of drug-likeness (QED) is 0.296. The molecule has 0 aliphatic carbocycles. The number of likely N-dealkylation sites (tertiary alicyclic amines) is 1. The van der Waals surface area contributed by atoms with Crippen LogP contribution in [0.25, 0.3) is 0 Å². The van der Waals surface area contributed by atoms with Gasteiger partial charge in [-0.3, -0.25) is 0 Å². The molecule has 39 heavy (non-hydrogen) atoms. The highest BCUT2D eigenvalue weighted by Crippen LogP contribution is 2.24. The number of halogens is 3. The fourth-order valence-corrected chi connectivity index (χ4v) is 5.25. The van der Waals surface area contributed by atoms with Gasteiger partial charge in [-0.15, -0.1) is 0 Å². The van der Waals surface area contributed by atoms with Gasteiger partial charge < -0.3 is 30.3 Å². The standard InChI is InChI=1S/C27H42F3N5O4/c1-19-8-9-20(2)35(19)26(38)33-23(25(36)37)12-15-34(16-17-39-18-27(28,29)30)14-4-3-7-22-11-10-21-6-5-13-31-24(21)32-22/h10-11,19-20,23H,3-9,12-18H2,1-2H3,(H,31,32)(H,33,38)(H,36,37). The van der Waals surface area contributed by atoms with E-state index in [2.05, 4.69) is 16.7 Å². The zero-order valence-electron chi connectivity index (χ0n) is 22.9. The highest BCUT2D eigenvalue weighted by molar-refractivity contribution is 5.83. The van der Waals surface area contributed by atoms with Crippen LogP contribution in [-0.2, 0) is 22.4 Å². The Labute approximate surface area is 228 Å². The van der Waals surface area contributed by atoms with Crippen molar-refractivity contribution in [2.24, 2.45) is 0 Å². The number of fused-ring (bicyclic) bond motifs is 1. The minimum Gasteiger partial charge on any atom is -0.480 e. The van der Waals surface area contributed by atoms with Crippen molar-refractivity contribution in [1.29, 1.82) is 0 Å². The number of carboxylic acids is 1. The second-order valence-corrected chi connectivity index (χ2v) is 10.6. The number of nitrogens with zero attached hydrogens (tertiary/aromatic N) is 3. The summed E-state index contributed by atoms with van der Waals surface area (Å²) in [4.78, 5) is 33.0. The summed E-state index contributed by atoms with van der Waals surface area (Å²) in [6.07, 6.45) is 1.96. The smallest absolute Gasteiger partial charge is 0.411 e. The Morgan fingerprint density at radius 2 is 1.95 bits per heavy atom. The molecule has 0 radical (unpaired) electrons. The summed E-state index contributed by atoms with van der Waals surface area (Å²) >= 11 is 0. The molecule has 0 bridgehead atoms. The monoisotopic (exact) mass is 557 g/mol. The van der Waals surface area contributed by atoms with Crippen LogP contribution in [0.5, 0.6) is 0 Å².